The third-order valence-electron chi connectivity index (χ3n) is 11.1. The number of carbonyl (C=O) groups is 4. The molecule has 2 saturated carbocycles. The van der Waals surface area contributed by atoms with E-state index in [9.17, 15) is 19.2 Å². The molecule has 0 N–H and O–H groups in total. The van der Waals surface area contributed by atoms with Crippen molar-refractivity contribution >= 4 is 23.8 Å². The van der Waals surface area contributed by atoms with E-state index < -0.39 is 11.2 Å². The number of hydrogen-bond donors (Lipinski definition) is 0. The van der Waals surface area contributed by atoms with Gasteiger partial charge in [-0.15, -0.1) is 0 Å². The van der Waals surface area contributed by atoms with Crippen molar-refractivity contribution in [3.63, 3.8) is 0 Å². The molecule has 0 unspecified atom stereocenters. The molecule has 2 aliphatic carbocycles. The lowest BCUT2D eigenvalue weighted by Gasteiger charge is -2.43. The molecule has 2 aromatic carbocycles. The van der Waals surface area contributed by atoms with Crippen molar-refractivity contribution in [2.24, 2.45) is 11.8 Å². The maximum absolute atomic E-state index is 12.7. The first-order valence-electron chi connectivity index (χ1n) is 20.3. The second-order valence-electron chi connectivity index (χ2n) is 17.4. The van der Waals surface area contributed by atoms with Gasteiger partial charge in [-0.1, -0.05) is 62.1 Å². The molecule has 4 fully saturated rings. The molecule has 4 aliphatic rings. The topological polar surface area (TPSA) is 99.7 Å². The fourth-order valence-electron chi connectivity index (χ4n) is 8.44. The number of amides is 2. The van der Waals surface area contributed by atoms with Crippen molar-refractivity contribution in [2.45, 2.75) is 116 Å². The fraction of sp³-hybridized carbons (Fsp3) is 0.636. The first-order valence-corrected chi connectivity index (χ1v) is 20.3. The minimum atomic E-state index is -0.445. The summed E-state index contributed by atoms with van der Waals surface area (Å²) in [6, 6.07) is 19.4. The van der Waals surface area contributed by atoms with Crippen molar-refractivity contribution in [3.05, 3.63) is 71.8 Å². The van der Waals surface area contributed by atoms with Crippen LogP contribution < -0.4 is 0 Å². The van der Waals surface area contributed by atoms with Crippen molar-refractivity contribution in [2.75, 3.05) is 52.4 Å². The Kier molecular flexibility index (Phi) is 14.4. The Morgan fingerprint density at radius 3 is 1.11 bits per heavy atom. The molecule has 6 rings (SSSR count). The average molecular weight is 745 g/mol. The van der Waals surface area contributed by atoms with E-state index in [1.165, 1.54) is 0 Å². The molecule has 2 heterocycles. The Hall–Kier alpha value is -3.76. The Balaban J connectivity index is 0.000000208. The molecular weight excluding hydrogens is 681 g/mol. The molecule has 2 aromatic rings. The van der Waals surface area contributed by atoms with Gasteiger partial charge in [0.15, 0.2) is 0 Å². The molecule has 0 aromatic heterocycles. The van der Waals surface area contributed by atoms with Crippen LogP contribution in [0.2, 0.25) is 0 Å². The van der Waals surface area contributed by atoms with Crippen LogP contribution in [0.15, 0.2) is 60.7 Å². The summed E-state index contributed by atoms with van der Waals surface area (Å²) in [7, 11) is 0. The van der Waals surface area contributed by atoms with Gasteiger partial charge in [-0.3, -0.25) is 29.0 Å². The standard InChI is InChI=1S/2C22H32N2O3/c2*1-22(2,3)27-21(26)18-11-7-8-12-19(18)23-13-15-24(16-14-23)20(25)17-9-5-4-6-10-17/h2*4-6,9-10,18-19H,7-8,11-16H2,1-3H3/t2*18-,19-/m10/s1. The Morgan fingerprint density at radius 1 is 0.481 bits per heavy atom. The maximum atomic E-state index is 12.7. The molecule has 0 radical (unpaired) electrons. The highest BCUT2D eigenvalue weighted by atomic mass is 16.6. The van der Waals surface area contributed by atoms with E-state index in [0.717, 1.165) is 88.7 Å². The van der Waals surface area contributed by atoms with Gasteiger partial charge in [0.2, 0.25) is 0 Å². The largest absolute Gasteiger partial charge is 0.460 e. The first-order chi connectivity index (χ1) is 25.7. The third kappa shape index (κ3) is 11.6. The van der Waals surface area contributed by atoms with Crippen LogP contribution in [0.1, 0.15) is 114 Å². The summed E-state index contributed by atoms with van der Waals surface area (Å²) in [4.78, 5) is 59.4. The van der Waals surface area contributed by atoms with Crippen molar-refractivity contribution < 1.29 is 28.7 Å². The van der Waals surface area contributed by atoms with Crippen LogP contribution in [0, 0.1) is 11.8 Å². The summed E-state index contributed by atoms with van der Waals surface area (Å²) in [5.41, 5.74) is 0.602. The van der Waals surface area contributed by atoms with E-state index in [2.05, 4.69) is 9.80 Å². The summed E-state index contributed by atoms with van der Waals surface area (Å²) < 4.78 is 11.4. The number of carbonyl (C=O) groups excluding carboxylic acids is 4. The van der Waals surface area contributed by atoms with Crippen molar-refractivity contribution in [1.82, 2.24) is 19.6 Å². The predicted molar refractivity (Wildman–Crippen MR) is 211 cm³/mol. The molecule has 0 spiro atoms. The molecule has 4 atom stereocenters. The quantitative estimate of drug-likeness (QED) is 0.302. The minimum Gasteiger partial charge on any atom is -0.460 e. The van der Waals surface area contributed by atoms with Crippen LogP contribution in [0.5, 0.6) is 0 Å². The van der Waals surface area contributed by atoms with Crippen LogP contribution in [0.25, 0.3) is 0 Å². The lowest BCUT2D eigenvalue weighted by atomic mass is 9.83. The monoisotopic (exact) mass is 744 g/mol. The van der Waals surface area contributed by atoms with Gasteiger partial charge in [0.05, 0.1) is 11.8 Å². The molecule has 296 valence electrons. The zero-order valence-electron chi connectivity index (χ0n) is 33.6. The molecule has 2 amide bonds. The van der Waals surface area contributed by atoms with E-state index in [0.29, 0.717) is 26.2 Å². The SMILES string of the molecule is CC(C)(C)OC(=O)[C@@H]1CCCC[C@H]1N1CCN(C(=O)c2ccccc2)CC1.CC(C)(C)OC(=O)[C@H]1CCCC[C@@H]1N1CCN(C(=O)c2ccccc2)CC1. The summed E-state index contributed by atoms with van der Waals surface area (Å²) in [6.07, 6.45) is 8.39. The van der Waals surface area contributed by atoms with E-state index >= 15 is 0 Å². The number of ether oxygens (including phenoxy) is 2. The second-order valence-corrected chi connectivity index (χ2v) is 17.4. The zero-order valence-corrected chi connectivity index (χ0v) is 33.6. The second kappa shape index (κ2) is 18.7. The van der Waals surface area contributed by atoms with E-state index in [1.807, 2.05) is 112 Å². The molecule has 2 aliphatic heterocycles. The van der Waals surface area contributed by atoms with Gasteiger partial charge >= 0.3 is 11.9 Å². The van der Waals surface area contributed by atoms with Crippen molar-refractivity contribution in [3.8, 4) is 0 Å². The molecule has 10 heteroatoms. The molecule has 54 heavy (non-hydrogen) atoms. The normalized spacial score (nSPS) is 24.5. The first kappa shape index (κ1) is 41.4. The summed E-state index contributed by atoms with van der Waals surface area (Å²) >= 11 is 0. The third-order valence-corrected chi connectivity index (χ3v) is 11.1. The number of esters is 2. The summed E-state index contributed by atoms with van der Waals surface area (Å²) in [5, 5.41) is 0. The number of piperazine rings is 2. The Bertz CT molecular complexity index is 1410. The highest BCUT2D eigenvalue weighted by molar-refractivity contribution is 5.94. The molecule has 2 saturated heterocycles. The Labute approximate surface area is 323 Å². The smallest absolute Gasteiger partial charge is 0.311 e. The average Bonchev–Trinajstić information content (AvgIpc) is 3.17. The number of rotatable bonds is 6. The summed E-state index contributed by atoms with van der Waals surface area (Å²) in [5.74, 6) is -0.0149. The van der Waals surface area contributed by atoms with Gasteiger partial charge in [0.25, 0.3) is 11.8 Å². The van der Waals surface area contributed by atoms with Gasteiger partial charge < -0.3 is 19.3 Å². The number of hydrogen-bond acceptors (Lipinski definition) is 8. The highest BCUT2D eigenvalue weighted by Gasteiger charge is 2.40. The number of nitrogens with zero attached hydrogens (tertiary/aromatic N) is 4. The highest BCUT2D eigenvalue weighted by Crippen LogP contribution is 2.33. The van der Waals surface area contributed by atoms with Crippen LogP contribution in [0.3, 0.4) is 0 Å². The van der Waals surface area contributed by atoms with Crippen LogP contribution in [-0.4, -0.2) is 119 Å². The lowest BCUT2D eigenvalue weighted by molar-refractivity contribution is -0.165. The van der Waals surface area contributed by atoms with Crippen LogP contribution in [0.4, 0.5) is 0 Å². The fourth-order valence-corrected chi connectivity index (χ4v) is 8.44. The molecule has 10 nitrogen and oxygen atoms in total. The van der Waals surface area contributed by atoms with Gasteiger partial charge in [0, 0.05) is 75.6 Å². The lowest BCUT2D eigenvalue weighted by Crippen LogP contribution is -2.55. The van der Waals surface area contributed by atoms with E-state index in [1.54, 1.807) is 0 Å². The van der Waals surface area contributed by atoms with Crippen LogP contribution in [-0.2, 0) is 19.1 Å². The Morgan fingerprint density at radius 2 is 0.796 bits per heavy atom. The summed E-state index contributed by atoms with van der Waals surface area (Å²) in [6.45, 7) is 17.7. The van der Waals surface area contributed by atoms with Gasteiger partial charge in [-0.2, -0.15) is 0 Å². The van der Waals surface area contributed by atoms with E-state index in [-0.39, 0.29) is 47.7 Å². The van der Waals surface area contributed by atoms with Crippen LogP contribution >= 0.6 is 0 Å². The van der Waals surface area contributed by atoms with Gasteiger partial charge in [-0.05, 0) is 91.5 Å². The van der Waals surface area contributed by atoms with Gasteiger partial charge in [-0.25, -0.2) is 0 Å². The van der Waals surface area contributed by atoms with Gasteiger partial charge in [0.1, 0.15) is 11.2 Å². The maximum Gasteiger partial charge on any atom is 0.311 e. The predicted octanol–water partition coefficient (Wildman–Crippen LogP) is 6.69. The zero-order chi connectivity index (χ0) is 38.9. The molecule has 0 bridgehead atoms. The number of benzene rings is 2. The van der Waals surface area contributed by atoms with Crippen molar-refractivity contribution in [1.29, 1.82) is 0 Å². The van der Waals surface area contributed by atoms with E-state index in [4.69, 9.17) is 9.47 Å². The molecular formula is C44H64N4O6. The minimum absolute atomic E-state index is 0.0469.